The minimum atomic E-state index is 0.278. The van der Waals surface area contributed by atoms with E-state index < -0.39 is 0 Å². The summed E-state index contributed by atoms with van der Waals surface area (Å²) in [5.41, 5.74) is 1.47. The lowest BCUT2D eigenvalue weighted by atomic mass is 10.2. The van der Waals surface area contributed by atoms with Gasteiger partial charge >= 0.3 is 0 Å². The van der Waals surface area contributed by atoms with Crippen LogP contribution in [0.1, 0.15) is 11.4 Å². The van der Waals surface area contributed by atoms with Crippen LogP contribution >= 0.6 is 23.2 Å². The van der Waals surface area contributed by atoms with E-state index in [0.29, 0.717) is 21.9 Å². The van der Waals surface area contributed by atoms with Crippen LogP contribution in [0.2, 0.25) is 10.0 Å². The molecular formula is C10H9Cl2N2O2+. The fourth-order valence-electron chi connectivity index (χ4n) is 1.52. The molecule has 0 aliphatic heterocycles. The summed E-state index contributed by atoms with van der Waals surface area (Å²) in [6.45, 7) is 3.27. The molecule has 2 aromatic rings. The van der Waals surface area contributed by atoms with E-state index in [9.17, 15) is 10.1 Å². The maximum atomic E-state index is 11.9. The number of hydrogen-bond donors (Lipinski definition) is 1. The summed E-state index contributed by atoms with van der Waals surface area (Å²) in [6.07, 6.45) is 0. The van der Waals surface area contributed by atoms with Gasteiger partial charge in [-0.25, -0.2) is 0 Å². The lowest BCUT2D eigenvalue weighted by Gasteiger charge is -2.05. The Morgan fingerprint density at radius 1 is 1.25 bits per heavy atom. The van der Waals surface area contributed by atoms with Gasteiger partial charge < -0.3 is 5.21 Å². The largest absolute Gasteiger partial charge is 0.428 e. The third-order valence-corrected chi connectivity index (χ3v) is 3.33. The lowest BCUT2D eigenvalue weighted by Crippen LogP contribution is -2.25. The molecule has 4 nitrogen and oxygen atoms in total. The van der Waals surface area contributed by atoms with Gasteiger partial charge in [0, 0.05) is 17.9 Å². The second-order valence-electron chi connectivity index (χ2n) is 3.53. The Balaban J connectivity index is 3.09. The Bertz CT molecular complexity index is 650. The number of halogens is 2. The number of rotatable bonds is 0. The smallest absolute Gasteiger partial charge is 0.291 e. The number of nitrogens with zero attached hydrogens (tertiary/aromatic N) is 2. The van der Waals surface area contributed by atoms with E-state index in [2.05, 4.69) is 0 Å². The molecule has 0 spiro atoms. The topological polar surface area (TPSA) is 48.1 Å². The van der Waals surface area contributed by atoms with E-state index >= 15 is 0 Å². The summed E-state index contributed by atoms with van der Waals surface area (Å²) < 4.78 is 1.65. The standard InChI is InChI=1S/C10H9Cl2N2O2/c1-5-6(2)14(16)10-4-8(12)7(11)3-9(10)13(5)15/h3-4,15H,1-2H3/q+1. The second-order valence-corrected chi connectivity index (χ2v) is 4.35. The Kier molecular flexibility index (Phi) is 2.56. The SMILES string of the molecule is Cc1c(C)[n+](=O)c2cc(Cl)c(Cl)cc2n1O. The van der Waals surface area contributed by atoms with Crippen molar-refractivity contribution >= 4 is 34.2 Å². The molecule has 84 valence electrons. The number of fused-ring (bicyclic) bond motifs is 1. The van der Waals surface area contributed by atoms with Gasteiger partial charge in [0.2, 0.25) is 0 Å². The van der Waals surface area contributed by atoms with Gasteiger partial charge in [0.25, 0.3) is 11.2 Å². The second kappa shape index (κ2) is 3.64. The molecule has 0 atom stereocenters. The van der Waals surface area contributed by atoms with Gasteiger partial charge in [-0.3, -0.25) is 0 Å². The third-order valence-electron chi connectivity index (χ3n) is 2.61. The van der Waals surface area contributed by atoms with Gasteiger partial charge in [0.1, 0.15) is 5.69 Å². The molecule has 1 heterocycles. The van der Waals surface area contributed by atoms with Crippen LogP contribution in [-0.4, -0.2) is 9.94 Å². The van der Waals surface area contributed by atoms with Crippen molar-refractivity contribution in [2.24, 2.45) is 0 Å². The van der Waals surface area contributed by atoms with E-state index in [0.717, 1.165) is 9.16 Å². The normalized spacial score (nSPS) is 11.0. The number of hydrogen-bond acceptors (Lipinski definition) is 2. The van der Waals surface area contributed by atoms with Gasteiger partial charge in [-0.2, -0.15) is 4.73 Å². The molecule has 6 heteroatoms. The Hall–Kier alpha value is -1.26. The molecule has 1 aromatic heterocycles. The molecule has 0 aliphatic carbocycles. The Morgan fingerprint density at radius 3 is 2.44 bits per heavy atom. The molecule has 1 aromatic carbocycles. The first-order valence-corrected chi connectivity index (χ1v) is 5.32. The zero-order chi connectivity index (χ0) is 12.0. The van der Waals surface area contributed by atoms with Crippen molar-refractivity contribution in [3.63, 3.8) is 0 Å². The maximum Gasteiger partial charge on any atom is 0.291 e. The van der Waals surface area contributed by atoms with Crippen molar-refractivity contribution in [1.29, 1.82) is 0 Å². The minimum absolute atomic E-state index is 0.278. The van der Waals surface area contributed by atoms with E-state index in [1.54, 1.807) is 13.8 Å². The molecule has 0 bridgehead atoms. The van der Waals surface area contributed by atoms with Crippen molar-refractivity contribution in [3.05, 3.63) is 38.5 Å². The average Bonchev–Trinajstić information content (AvgIpc) is 2.26. The summed E-state index contributed by atoms with van der Waals surface area (Å²) >= 11 is 11.7. The quantitative estimate of drug-likeness (QED) is 0.584. The molecule has 0 saturated heterocycles. The van der Waals surface area contributed by atoms with Crippen LogP contribution in [0.15, 0.2) is 12.1 Å². The lowest BCUT2D eigenvalue weighted by molar-refractivity contribution is -0.474. The zero-order valence-corrected chi connectivity index (χ0v) is 10.2. The first-order valence-electron chi connectivity index (χ1n) is 4.56. The highest BCUT2D eigenvalue weighted by Gasteiger charge is 2.20. The van der Waals surface area contributed by atoms with Gasteiger partial charge in [-0.05, 0) is 13.0 Å². The van der Waals surface area contributed by atoms with E-state index in [-0.39, 0.29) is 10.5 Å². The van der Waals surface area contributed by atoms with Crippen LogP contribution in [-0.2, 0) is 0 Å². The summed E-state index contributed by atoms with van der Waals surface area (Å²) in [5.74, 6) is 0. The van der Waals surface area contributed by atoms with Crippen LogP contribution in [0.4, 0.5) is 0 Å². The minimum Gasteiger partial charge on any atom is -0.428 e. The molecule has 1 N–H and O–H groups in total. The van der Waals surface area contributed by atoms with Crippen molar-refractivity contribution in [2.45, 2.75) is 13.8 Å². The summed E-state index contributed by atoms with van der Waals surface area (Å²) in [5, 5.41) is 10.4. The fourth-order valence-corrected chi connectivity index (χ4v) is 1.84. The van der Waals surface area contributed by atoms with E-state index in [1.807, 2.05) is 0 Å². The predicted molar refractivity (Wildman–Crippen MR) is 62.0 cm³/mol. The molecule has 0 fully saturated rings. The molecule has 2 rings (SSSR count). The number of benzene rings is 1. The van der Waals surface area contributed by atoms with E-state index in [4.69, 9.17) is 23.2 Å². The molecule has 0 aliphatic rings. The van der Waals surface area contributed by atoms with Gasteiger partial charge in [-0.1, -0.05) is 23.2 Å². The molecule has 16 heavy (non-hydrogen) atoms. The molecule has 0 radical (unpaired) electrons. The van der Waals surface area contributed by atoms with Gasteiger partial charge in [0.05, 0.1) is 14.5 Å². The monoisotopic (exact) mass is 259 g/mol. The highest BCUT2D eigenvalue weighted by atomic mass is 35.5. The number of aromatic nitrogens is 2. The van der Waals surface area contributed by atoms with Crippen LogP contribution in [0.3, 0.4) is 0 Å². The molecule has 0 saturated carbocycles. The first kappa shape index (κ1) is 11.2. The van der Waals surface area contributed by atoms with Crippen molar-refractivity contribution in [2.75, 3.05) is 0 Å². The van der Waals surface area contributed by atoms with Crippen LogP contribution in [0, 0.1) is 18.8 Å². The van der Waals surface area contributed by atoms with Crippen molar-refractivity contribution < 1.29 is 9.63 Å². The third kappa shape index (κ3) is 1.45. The summed E-state index contributed by atoms with van der Waals surface area (Å²) in [6, 6.07) is 2.89. The van der Waals surface area contributed by atoms with Crippen molar-refractivity contribution in [3.8, 4) is 0 Å². The Morgan fingerprint density at radius 2 is 1.81 bits per heavy atom. The molecule has 0 unspecified atom stereocenters. The Labute approximate surface area is 101 Å². The molecular weight excluding hydrogens is 251 g/mol. The molecule has 0 amide bonds. The maximum absolute atomic E-state index is 11.9. The first-order chi connectivity index (χ1) is 7.43. The van der Waals surface area contributed by atoms with Crippen molar-refractivity contribution in [1.82, 2.24) is 4.73 Å². The zero-order valence-electron chi connectivity index (χ0n) is 8.66. The van der Waals surface area contributed by atoms with E-state index in [1.165, 1.54) is 12.1 Å². The highest BCUT2D eigenvalue weighted by molar-refractivity contribution is 6.42. The van der Waals surface area contributed by atoms with Crippen LogP contribution < -0.4 is 4.43 Å². The predicted octanol–water partition coefficient (Wildman–Crippen LogP) is 2.72. The van der Waals surface area contributed by atoms with Crippen LogP contribution in [0.25, 0.3) is 11.0 Å². The summed E-state index contributed by atoms with van der Waals surface area (Å²) in [7, 11) is 0. The average molecular weight is 260 g/mol. The fraction of sp³-hybridized carbons (Fsp3) is 0.200. The van der Waals surface area contributed by atoms with Crippen LogP contribution in [0.5, 0.6) is 0 Å². The van der Waals surface area contributed by atoms with Gasteiger partial charge in [-0.15, -0.1) is 0 Å². The van der Waals surface area contributed by atoms with Gasteiger partial charge in [0.15, 0.2) is 5.52 Å². The summed E-state index contributed by atoms with van der Waals surface area (Å²) in [4.78, 5) is 11.9. The highest BCUT2D eigenvalue weighted by Crippen LogP contribution is 2.26.